The minimum absolute atomic E-state index is 0.335. The van der Waals surface area contributed by atoms with Crippen LogP contribution in [0.4, 0.5) is 0 Å². The van der Waals surface area contributed by atoms with E-state index in [0.29, 0.717) is 17.3 Å². The molecule has 0 amide bonds. The molecule has 1 aromatic rings. The van der Waals surface area contributed by atoms with Gasteiger partial charge in [-0.15, -0.1) is 0 Å². The van der Waals surface area contributed by atoms with Gasteiger partial charge in [-0.25, -0.2) is 0 Å². The average Bonchev–Trinajstić information content (AvgIpc) is 3.08. The number of hydrogen-bond acceptors (Lipinski definition) is 3. The first-order valence-electron chi connectivity index (χ1n) is 5.59. The fourth-order valence-corrected chi connectivity index (χ4v) is 1.80. The van der Waals surface area contributed by atoms with E-state index in [1.165, 1.54) is 19.3 Å². The Labute approximate surface area is 101 Å². The van der Waals surface area contributed by atoms with Crippen LogP contribution in [-0.4, -0.2) is 16.6 Å². The van der Waals surface area contributed by atoms with Gasteiger partial charge < -0.3 is 10.5 Å². The lowest BCUT2D eigenvalue weighted by Crippen LogP contribution is -2.15. The number of hydrogen-bond donors (Lipinski definition) is 1. The Morgan fingerprint density at radius 2 is 2.38 bits per heavy atom. The maximum Gasteiger partial charge on any atom is 0.123 e. The van der Waals surface area contributed by atoms with Crippen LogP contribution < -0.4 is 5.73 Å². The van der Waals surface area contributed by atoms with E-state index in [0.717, 1.165) is 18.1 Å². The molecule has 4 heteroatoms. The third-order valence-corrected chi connectivity index (χ3v) is 2.94. The van der Waals surface area contributed by atoms with Gasteiger partial charge in [0, 0.05) is 18.4 Å². The Hall–Kier alpha value is -1.00. The Balaban J connectivity index is 1.84. The first kappa shape index (κ1) is 11.5. The number of pyridine rings is 1. The van der Waals surface area contributed by atoms with Gasteiger partial charge >= 0.3 is 0 Å². The van der Waals surface area contributed by atoms with Crippen molar-refractivity contribution in [1.29, 1.82) is 0 Å². The summed E-state index contributed by atoms with van der Waals surface area (Å²) in [6.07, 6.45) is 5.60. The van der Waals surface area contributed by atoms with E-state index in [-0.39, 0.29) is 0 Å². The standard InChI is InChI=1S/C12H16N2OS/c13-12(16)11-10(2-1-6-14-11)8-15-7-5-9-3-4-9/h1-2,6,9H,3-5,7-8H2,(H2,13,16). The van der Waals surface area contributed by atoms with Gasteiger partial charge in [-0.3, -0.25) is 4.98 Å². The van der Waals surface area contributed by atoms with Crippen molar-refractivity contribution in [3.05, 3.63) is 29.6 Å². The average molecular weight is 236 g/mol. The molecule has 0 saturated heterocycles. The summed E-state index contributed by atoms with van der Waals surface area (Å²) in [5, 5.41) is 0. The SMILES string of the molecule is NC(=S)c1ncccc1COCCC1CC1. The van der Waals surface area contributed by atoms with Gasteiger partial charge in [0.1, 0.15) is 10.7 Å². The molecule has 0 radical (unpaired) electrons. The van der Waals surface area contributed by atoms with Crippen molar-refractivity contribution in [3.8, 4) is 0 Å². The normalized spacial score (nSPS) is 15.0. The highest BCUT2D eigenvalue weighted by atomic mass is 32.1. The topological polar surface area (TPSA) is 48.1 Å². The number of aromatic nitrogens is 1. The lowest BCUT2D eigenvalue weighted by atomic mass is 10.2. The summed E-state index contributed by atoms with van der Waals surface area (Å²) in [5.74, 6) is 0.906. The molecule has 16 heavy (non-hydrogen) atoms. The predicted octanol–water partition coefficient (Wildman–Crippen LogP) is 2.03. The first-order chi connectivity index (χ1) is 7.77. The summed E-state index contributed by atoms with van der Waals surface area (Å²) in [7, 11) is 0. The number of ether oxygens (including phenoxy) is 1. The molecule has 1 fully saturated rings. The fourth-order valence-electron chi connectivity index (χ4n) is 1.62. The molecule has 2 N–H and O–H groups in total. The molecule has 1 heterocycles. The van der Waals surface area contributed by atoms with Crippen LogP contribution in [0.25, 0.3) is 0 Å². The molecule has 1 aliphatic rings. The third-order valence-electron chi connectivity index (χ3n) is 2.75. The van der Waals surface area contributed by atoms with E-state index >= 15 is 0 Å². The molecular weight excluding hydrogens is 220 g/mol. The zero-order valence-electron chi connectivity index (χ0n) is 9.19. The lowest BCUT2D eigenvalue weighted by molar-refractivity contribution is 0.115. The van der Waals surface area contributed by atoms with E-state index in [9.17, 15) is 0 Å². The number of nitrogens with two attached hydrogens (primary N) is 1. The van der Waals surface area contributed by atoms with Gasteiger partial charge in [0.15, 0.2) is 0 Å². The largest absolute Gasteiger partial charge is 0.388 e. The summed E-state index contributed by atoms with van der Waals surface area (Å²) in [4.78, 5) is 4.49. The van der Waals surface area contributed by atoms with Gasteiger partial charge in [-0.2, -0.15) is 0 Å². The number of thiocarbonyl (C=S) groups is 1. The molecular formula is C12H16N2OS. The molecule has 1 aromatic heterocycles. The van der Waals surface area contributed by atoms with Crippen LogP contribution in [0.15, 0.2) is 18.3 Å². The zero-order valence-corrected chi connectivity index (χ0v) is 10.0. The third kappa shape index (κ3) is 3.25. The van der Waals surface area contributed by atoms with Crippen molar-refractivity contribution >= 4 is 17.2 Å². The van der Waals surface area contributed by atoms with Crippen molar-refractivity contribution < 1.29 is 4.74 Å². The van der Waals surface area contributed by atoms with Gasteiger partial charge in [0.2, 0.25) is 0 Å². The van der Waals surface area contributed by atoms with E-state index in [2.05, 4.69) is 4.98 Å². The summed E-state index contributed by atoms with van der Waals surface area (Å²) < 4.78 is 5.61. The maximum atomic E-state index is 5.61. The van der Waals surface area contributed by atoms with Crippen molar-refractivity contribution in [2.24, 2.45) is 11.7 Å². The quantitative estimate of drug-likeness (QED) is 0.606. The smallest absolute Gasteiger partial charge is 0.123 e. The fraction of sp³-hybridized carbons (Fsp3) is 0.500. The van der Waals surface area contributed by atoms with Gasteiger partial charge in [-0.05, 0) is 18.4 Å². The molecule has 1 aliphatic carbocycles. The molecule has 0 unspecified atom stereocenters. The minimum atomic E-state index is 0.335. The molecule has 0 aromatic carbocycles. The van der Waals surface area contributed by atoms with Crippen LogP contribution >= 0.6 is 12.2 Å². The van der Waals surface area contributed by atoms with Gasteiger partial charge in [0.25, 0.3) is 0 Å². The first-order valence-corrected chi connectivity index (χ1v) is 5.99. The highest BCUT2D eigenvalue weighted by Gasteiger charge is 2.20. The Morgan fingerprint density at radius 1 is 1.56 bits per heavy atom. The summed E-state index contributed by atoms with van der Waals surface area (Å²) in [6, 6.07) is 3.83. The minimum Gasteiger partial charge on any atom is -0.388 e. The zero-order chi connectivity index (χ0) is 11.4. The second-order valence-corrected chi connectivity index (χ2v) is 4.60. The van der Waals surface area contributed by atoms with Crippen LogP contribution in [0, 0.1) is 5.92 Å². The molecule has 1 saturated carbocycles. The summed E-state index contributed by atoms with van der Waals surface area (Å²) in [6.45, 7) is 1.36. The van der Waals surface area contributed by atoms with Crippen LogP contribution in [-0.2, 0) is 11.3 Å². The molecule has 0 bridgehead atoms. The van der Waals surface area contributed by atoms with Crippen molar-refractivity contribution in [3.63, 3.8) is 0 Å². The van der Waals surface area contributed by atoms with E-state index < -0.39 is 0 Å². The van der Waals surface area contributed by atoms with Crippen molar-refractivity contribution in [2.45, 2.75) is 25.9 Å². The molecule has 86 valence electrons. The predicted molar refractivity (Wildman–Crippen MR) is 67.1 cm³/mol. The second kappa shape index (κ2) is 5.37. The van der Waals surface area contributed by atoms with E-state index in [1.54, 1.807) is 6.20 Å². The molecule has 0 aliphatic heterocycles. The van der Waals surface area contributed by atoms with Gasteiger partial charge in [-0.1, -0.05) is 31.1 Å². The van der Waals surface area contributed by atoms with E-state index in [4.69, 9.17) is 22.7 Å². The Bertz CT molecular complexity index is 377. The molecule has 0 spiro atoms. The maximum absolute atomic E-state index is 5.61. The monoisotopic (exact) mass is 236 g/mol. The van der Waals surface area contributed by atoms with Crippen LogP contribution in [0.5, 0.6) is 0 Å². The van der Waals surface area contributed by atoms with Crippen LogP contribution in [0.2, 0.25) is 0 Å². The van der Waals surface area contributed by atoms with Crippen LogP contribution in [0.1, 0.15) is 30.5 Å². The lowest BCUT2D eigenvalue weighted by Gasteiger charge is -2.07. The summed E-state index contributed by atoms with van der Waals surface area (Å²) >= 11 is 4.94. The number of nitrogens with zero attached hydrogens (tertiary/aromatic N) is 1. The van der Waals surface area contributed by atoms with Crippen molar-refractivity contribution in [2.75, 3.05) is 6.61 Å². The number of rotatable bonds is 6. The van der Waals surface area contributed by atoms with Crippen LogP contribution in [0.3, 0.4) is 0 Å². The molecule has 0 atom stereocenters. The molecule has 3 nitrogen and oxygen atoms in total. The highest BCUT2D eigenvalue weighted by molar-refractivity contribution is 7.80. The van der Waals surface area contributed by atoms with Gasteiger partial charge in [0.05, 0.1) is 6.61 Å². The van der Waals surface area contributed by atoms with E-state index in [1.807, 2.05) is 12.1 Å². The summed E-state index contributed by atoms with van der Waals surface area (Å²) in [5.41, 5.74) is 7.25. The highest BCUT2D eigenvalue weighted by Crippen LogP contribution is 2.32. The second-order valence-electron chi connectivity index (χ2n) is 4.16. The van der Waals surface area contributed by atoms with Crippen molar-refractivity contribution in [1.82, 2.24) is 4.98 Å². The molecule has 2 rings (SSSR count). The Kier molecular flexibility index (Phi) is 3.85. The Morgan fingerprint density at radius 3 is 3.06 bits per heavy atom.